The van der Waals surface area contributed by atoms with Crippen molar-refractivity contribution >= 4 is 17.5 Å². The van der Waals surface area contributed by atoms with Crippen molar-refractivity contribution in [1.29, 1.82) is 0 Å². The van der Waals surface area contributed by atoms with Crippen LogP contribution >= 0.6 is 0 Å². The lowest BCUT2D eigenvalue weighted by molar-refractivity contribution is -0.114. The third-order valence-electron chi connectivity index (χ3n) is 5.75. The van der Waals surface area contributed by atoms with E-state index >= 15 is 0 Å². The van der Waals surface area contributed by atoms with Crippen LogP contribution in [0.2, 0.25) is 0 Å². The smallest absolute Gasteiger partial charge is 0.251 e. The summed E-state index contributed by atoms with van der Waals surface area (Å²) in [5, 5.41) is 5.83. The van der Waals surface area contributed by atoms with Crippen LogP contribution in [0.1, 0.15) is 48.5 Å². The Morgan fingerprint density at radius 3 is 2.52 bits per heavy atom. The zero-order valence-electron chi connectivity index (χ0n) is 16.6. The summed E-state index contributed by atoms with van der Waals surface area (Å²) >= 11 is 0. The van der Waals surface area contributed by atoms with E-state index in [1.54, 1.807) is 24.3 Å². The molecule has 1 heterocycles. The first-order valence-electron chi connectivity index (χ1n) is 10.1. The first kappa shape index (κ1) is 19.3. The minimum atomic E-state index is -0.161. The predicted molar refractivity (Wildman–Crippen MR) is 111 cm³/mol. The molecule has 29 heavy (non-hydrogen) atoms. The number of fused-ring (bicyclic) bond motifs is 1. The highest BCUT2D eigenvalue weighted by Gasteiger charge is 2.37. The van der Waals surface area contributed by atoms with Gasteiger partial charge in [-0.05, 0) is 48.7 Å². The lowest BCUT2D eigenvalue weighted by atomic mass is 9.78. The van der Waals surface area contributed by atoms with Gasteiger partial charge in [0.25, 0.3) is 5.91 Å². The molecule has 2 aromatic rings. The third-order valence-corrected chi connectivity index (χ3v) is 5.75. The molecule has 0 bridgehead atoms. The second-order valence-electron chi connectivity index (χ2n) is 7.79. The molecule has 1 fully saturated rings. The summed E-state index contributed by atoms with van der Waals surface area (Å²) in [6.45, 7) is 3.15. The van der Waals surface area contributed by atoms with Gasteiger partial charge < -0.3 is 20.1 Å². The molecule has 0 radical (unpaired) electrons. The van der Waals surface area contributed by atoms with Gasteiger partial charge in [-0.25, -0.2) is 0 Å². The van der Waals surface area contributed by atoms with E-state index in [2.05, 4.69) is 22.8 Å². The van der Waals surface area contributed by atoms with Crippen molar-refractivity contribution < 1.29 is 19.1 Å². The standard InChI is InChI=1S/C23H26N2O4/c1-16(26)25-19-6-4-5-17(13-19)22(27)24-15-23(9-2-3-10-23)18-7-8-20-21(14-18)29-12-11-28-20/h4-8,13-14H,2-3,9-12,15H2,1H3,(H,24,27)(H,25,26). The van der Waals surface area contributed by atoms with Crippen molar-refractivity contribution in [2.24, 2.45) is 0 Å². The minimum Gasteiger partial charge on any atom is -0.486 e. The Morgan fingerprint density at radius 1 is 1.00 bits per heavy atom. The summed E-state index contributed by atoms with van der Waals surface area (Å²) in [6.07, 6.45) is 4.34. The molecule has 6 heteroatoms. The molecular weight excluding hydrogens is 368 g/mol. The number of carbonyl (C=O) groups excluding carboxylic acids is 2. The molecule has 1 saturated carbocycles. The van der Waals surface area contributed by atoms with E-state index in [4.69, 9.17) is 9.47 Å². The average Bonchev–Trinajstić information content (AvgIpc) is 3.21. The van der Waals surface area contributed by atoms with Gasteiger partial charge in [-0.1, -0.05) is 25.0 Å². The molecule has 1 aliphatic carbocycles. The number of hydrogen-bond donors (Lipinski definition) is 2. The summed E-state index contributed by atoms with van der Waals surface area (Å²) < 4.78 is 11.4. The van der Waals surface area contributed by atoms with Crippen LogP contribution in [0.25, 0.3) is 0 Å². The number of benzene rings is 2. The average molecular weight is 394 g/mol. The van der Waals surface area contributed by atoms with Crippen LogP contribution in [0, 0.1) is 0 Å². The lowest BCUT2D eigenvalue weighted by Crippen LogP contribution is -2.39. The maximum absolute atomic E-state index is 12.8. The van der Waals surface area contributed by atoms with Gasteiger partial charge in [0.15, 0.2) is 11.5 Å². The zero-order chi connectivity index (χ0) is 20.3. The Hall–Kier alpha value is -3.02. The largest absolute Gasteiger partial charge is 0.486 e. The van der Waals surface area contributed by atoms with E-state index in [0.717, 1.165) is 37.2 Å². The van der Waals surface area contributed by atoms with Crippen molar-refractivity contribution in [2.75, 3.05) is 25.1 Å². The van der Waals surface area contributed by atoms with Crippen LogP contribution < -0.4 is 20.1 Å². The Bertz CT molecular complexity index is 919. The van der Waals surface area contributed by atoms with Gasteiger partial charge in [-0.3, -0.25) is 9.59 Å². The number of ether oxygens (including phenoxy) is 2. The fourth-order valence-corrected chi connectivity index (χ4v) is 4.29. The molecule has 6 nitrogen and oxygen atoms in total. The van der Waals surface area contributed by atoms with Crippen LogP contribution in [0.4, 0.5) is 5.69 Å². The quantitative estimate of drug-likeness (QED) is 0.811. The van der Waals surface area contributed by atoms with E-state index in [-0.39, 0.29) is 17.2 Å². The van der Waals surface area contributed by atoms with Gasteiger partial charge in [0.1, 0.15) is 13.2 Å². The number of amides is 2. The highest BCUT2D eigenvalue weighted by atomic mass is 16.6. The third kappa shape index (κ3) is 4.21. The molecule has 0 unspecified atom stereocenters. The molecule has 0 aromatic heterocycles. The Labute approximate surface area is 170 Å². The van der Waals surface area contributed by atoms with E-state index in [0.29, 0.717) is 31.0 Å². The van der Waals surface area contributed by atoms with Crippen LogP contribution in [0.3, 0.4) is 0 Å². The number of carbonyl (C=O) groups is 2. The van der Waals surface area contributed by atoms with Gasteiger partial charge in [0.2, 0.25) is 5.91 Å². The normalized spacial score (nSPS) is 16.9. The second kappa shape index (κ2) is 8.15. The molecule has 2 amide bonds. The van der Waals surface area contributed by atoms with Crippen LogP contribution in [-0.4, -0.2) is 31.6 Å². The van der Waals surface area contributed by atoms with Gasteiger partial charge in [-0.2, -0.15) is 0 Å². The van der Waals surface area contributed by atoms with Crippen molar-refractivity contribution in [3.05, 3.63) is 53.6 Å². The molecule has 0 atom stereocenters. The van der Waals surface area contributed by atoms with Gasteiger partial charge in [-0.15, -0.1) is 0 Å². The maximum atomic E-state index is 12.8. The number of anilines is 1. The number of hydrogen-bond acceptors (Lipinski definition) is 4. The molecule has 2 N–H and O–H groups in total. The topological polar surface area (TPSA) is 76.7 Å². The SMILES string of the molecule is CC(=O)Nc1cccc(C(=O)NCC2(c3ccc4c(c3)OCCO4)CCCC2)c1. The van der Waals surface area contributed by atoms with E-state index in [9.17, 15) is 9.59 Å². The molecule has 152 valence electrons. The lowest BCUT2D eigenvalue weighted by Gasteiger charge is -2.31. The molecule has 1 aliphatic heterocycles. The summed E-state index contributed by atoms with van der Waals surface area (Å²) in [5.74, 6) is 1.27. The fraction of sp³-hybridized carbons (Fsp3) is 0.391. The van der Waals surface area contributed by atoms with Gasteiger partial charge in [0, 0.05) is 30.1 Å². The van der Waals surface area contributed by atoms with E-state index < -0.39 is 0 Å². The Balaban J connectivity index is 1.50. The molecular formula is C23H26N2O4. The molecule has 2 aromatic carbocycles. The Morgan fingerprint density at radius 2 is 1.76 bits per heavy atom. The predicted octanol–water partition coefficient (Wildman–Crippen LogP) is 3.66. The van der Waals surface area contributed by atoms with E-state index in [1.807, 2.05) is 6.07 Å². The van der Waals surface area contributed by atoms with Gasteiger partial charge >= 0.3 is 0 Å². The van der Waals surface area contributed by atoms with Crippen molar-refractivity contribution in [1.82, 2.24) is 5.32 Å². The highest BCUT2D eigenvalue weighted by Crippen LogP contribution is 2.43. The van der Waals surface area contributed by atoms with Crippen LogP contribution in [0.5, 0.6) is 11.5 Å². The monoisotopic (exact) mass is 394 g/mol. The van der Waals surface area contributed by atoms with Gasteiger partial charge in [0.05, 0.1) is 0 Å². The minimum absolute atomic E-state index is 0.0965. The van der Waals surface area contributed by atoms with E-state index in [1.165, 1.54) is 12.5 Å². The molecule has 2 aliphatic rings. The Kier molecular flexibility index (Phi) is 5.43. The highest BCUT2D eigenvalue weighted by molar-refractivity contribution is 5.96. The zero-order valence-corrected chi connectivity index (χ0v) is 16.6. The second-order valence-corrected chi connectivity index (χ2v) is 7.79. The van der Waals surface area contributed by atoms with Crippen LogP contribution in [-0.2, 0) is 10.2 Å². The van der Waals surface area contributed by atoms with Crippen molar-refractivity contribution in [3.8, 4) is 11.5 Å². The number of nitrogens with one attached hydrogen (secondary N) is 2. The maximum Gasteiger partial charge on any atom is 0.251 e. The number of rotatable bonds is 5. The summed E-state index contributed by atoms with van der Waals surface area (Å²) in [6, 6.07) is 13.1. The summed E-state index contributed by atoms with van der Waals surface area (Å²) in [7, 11) is 0. The molecule has 4 rings (SSSR count). The summed E-state index contributed by atoms with van der Waals surface area (Å²) in [4.78, 5) is 24.0. The molecule has 0 saturated heterocycles. The molecule has 0 spiro atoms. The first-order valence-corrected chi connectivity index (χ1v) is 10.1. The first-order chi connectivity index (χ1) is 14.1. The fourth-order valence-electron chi connectivity index (χ4n) is 4.29. The summed E-state index contributed by atoms with van der Waals surface area (Å²) in [5.41, 5.74) is 2.24. The van der Waals surface area contributed by atoms with Crippen LogP contribution in [0.15, 0.2) is 42.5 Å². The van der Waals surface area contributed by atoms with Crippen molar-refractivity contribution in [3.63, 3.8) is 0 Å². The van der Waals surface area contributed by atoms with Crippen molar-refractivity contribution in [2.45, 2.75) is 38.0 Å².